The number of nitrogens with one attached hydrogen (secondary N) is 2. The van der Waals surface area contributed by atoms with Crippen molar-refractivity contribution in [2.45, 2.75) is 19.8 Å². The number of methoxy groups -OCH3 is 2. The molecule has 0 spiro atoms. The number of amides is 1. The molecule has 1 amide bonds. The fourth-order valence-corrected chi connectivity index (χ4v) is 3.69. The summed E-state index contributed by atoms with van der Waals surface area (Å²) >= 11 is 0. The topological polar surface area (TPSA) is 115 Å². The molecule has 0 aliphatic heterocycles. The molecule has 0 radical (unpaired) electrons. The summed E-state index contributed by atoms with van der Waals surface area (Å²) in [5.74, 6) is -0.110. The van der Waals surface area contributed by atoms with E-state index in [0.717, 1.165) is 29.7 Å². The molecule has 0 fully saturated rings. The molecular formula is C23H22N4O5. The number of carbonyl (C=O) groups excluding carboxylic acids is 2. The van der Waals surface area contributed by atoms with Crippen molar-refractivity contribution in [3.63, 3.8) is 0 Å². The molecule has 1 aliphatic rings. The zero-order valence-electron chi connectivity index (χ0n) is 17.9. The molecule has 9 heteroatoms. The van der Waals surface area contributed by atoms with E-state index in [4.69, 9.17) is 14.2 Å². The molecule has 0 atom stereocenters. The largest absolute Gasteiger partial charge is 0.493 e. The van der Waals surface area contributed by atoms with Crippen LogP contribution < -0.4 is 19.6 Å². The fourth-order valence-electron chi connectivity index (χ4n) is 3.69. The van der Waals surface area contributed by atoms with Crippen LogP contribution >= 0.6 is 0 Å². The van der Waals surface area contributed by atoms with E-state index in [1.54, 1.807) is 12.1 Å². The summed E-state index contributed by atoms with van der Waals surface area (Å²) in [5, 5.41) is 11.2. The number of H-pyrrole nitrogens is 1. The van der Waals surface area contributed by atoms with Crippen LogP contribution in [0.15, 0.2) is 41.5 Å². The number of benzene rings is 2. The summed E-state index contributed by atoms with van der Waals surface area (Å²) in [7, 11) is 2.90. The first kappa shape index (κ1) is 21.1. The highest BCUT2D eigenvalue weighted by molar-refractivity contribution is 5.96. The summed E-state index contributed by atoms with van der Waals surface area (Å²) in [6.07, 6.45) is 3.01. The third-order valence-electron chi connectivity index (χ3n) is 5.12. The highest BCUT2D eigenvalue weighted by Crippen LogP contribution is 2.38. The third kappa shape index (κ3) is 4.04. The second-order valence-corrected chi connectivity index (χ2v) is 7.13. The van der Waals surface area contributed by atoms with Gasteiger partial charge in [0.05, 0.1) is 26.1 Å². The van der Waals surface area contributed by atoms with Gasteiger partial charge in [-0.05, 0) is 30.5 Å². The van der Waals surface area contributed by atoms with Gasteiger partial charge in [-0.15, -0.1) is 0 Å². The second kappa shape index (κ2) is 8.93. The summed E-state index contributed by atoms with van der Waals surface area (Å²) in [5.41, 5.74) is 7.44. The number of fused-ring (bicyclic) bond motifs is 3. The lowest BCUT2D eigenvalue weighted by molar-refractivity contribution is -0.132. The van der Waals surface area contributed by atoms with E-state index in [1.165, 1.54) is 32.9 Å². The average Bonchev–Trinajstić information content (AvgIpc) is 3.24. The van der Waals surface area contributed by atoms with Crippen molar-refractivity contribution in [1.29, 1.82) is 0 Å². The predicted octanol–water partition coefficient (Wildman–Crippen LogP) is 2.88. The first-order chi connectivity index (χ1) is 15.5. The second-order valence-electron chi connectivity index (χ2n) is 7.13. The normalized spacial score (nSPS) is 12.1. The molecule has 9 nitrogen and oxygen atoms in total. The summed E-state index contributed by atoms with van der Waals surface area (Å²) in [4.78, 5) is 24.0. The molecule has 0 bridgehead atoms. The van der Waals surface area contributed by atoms with Crippen LogP contribution in [-0.2, 0) is 17.6 Å². The molecule has 164 valence electrons. The Labute approximate surface area is 184 Å². The molecule has 3 aromatic rings. The number of rotatable bonds is 6. The molecule has 0 saturated carbocycles. The molecule has 4 rings (SSSR count). The van der Waals surface area contributed by atoms with Gasteiger partial charge in [0.2, 0.25) is 5.75 Å². The van der Waals surface area contributed by atoms with Crippen molar-refractivity contribution >= 4 is 18.1 Å². The molecule has 2 N–H and O–H groups in total. The first-order valence-corrected chi connectivity index (χ1v) is 9.95. The smallest absolute Gasteiger partial charge is 0.308 e. The van der Waals surface area contributed by atoms with Gasteiger partial charge in [-0.1, -0.05) is 24.3 Å². The van der Waals surface area contributed by atoms with Gasteiger partial charge in [0.1, 0.15) is 5.69 Å². The summed E-state index contributed by atoms with van der Waals surface area (Å²) in [6.45, 7) is 1.29. The zero-order valence-corrected chi connectivity index (χ0v) is 17.9. The number of aromatic nitrogens is 2. The number of ether oxygens (including phenoxy) is 3. The van der Waals surface area contributed by atoms with Crippen LogP contribution in [0.5, 0.6) is 17.2 Å². The van der Waals surface area contributed by atoms with E-state index in [1.807, 2.05) is 18.2 Å². The van der Waals surface area contributed by atoms with E-state index in [0.29, 0.717) is 22.8 Å². The van der Waals surface area contributed by atoms with E-state index in [-0.39, 0.29) is 11.7 Å². The van der Waals surface area contributed by atoms with Gasteiger partial charge in [-0.25, -0.2) is 5.43 Å². The minimum Gasteiger partial charge on any atom is -0.493 e. The Morgan fingerprint density at radius 1 is 1.12 bits per heavy atom. The van der Waals surface area contributed by atoms with E-state index in [9.17, 15) is 9.59 Å². The van der Waals surface area contributed by atoms with Gasteiger partial charge in [0, 0.05) is 23.6 Å². The van der Waals surface area contributed by atoms with Crippen molar-refractivity contribution in [2.24, 2.45) is 5.10 Å². The number of hydrogen-bond acceptors (Lipinski definition) is 7. The highest BCUT2D eigenvalue weighted by Gasteiger charge is 2.24. The van der Waals surface area contributed by atoms with Crippen LogP contribution in [0.2, 0.25) is 0 Å². The summed E-state index contributed by atoms with van der Waals surface area (Å²) < 4.78 is 15.7. The van der Waals surface area contributed by atoms with Gasteiger partial charge in [-0.2, -0.15) is 10.2 Å². The van der Waals surface area contributed by atoms with Crippen LogP contribution in [0.4, 0.5) is 0 Å². The molecule has 32 heavy (non-hydrogen) atoms. The van der Waals surface area contributed by atoms with Crippen molar-refractivity contribution in [2.75, 3.05) is 14.2 Å². The molecule has 1 heterocycles. The number of nitrogens with zero attached hydrogens (tertiary/aromatic N) is 2. The van der Waals surface area contributed by atoms with Crippen LogP contribution in [0.3, 0.4) is 0 Å². The highest BCUT2D eigenvalue weighted by atomic mass is 16.6. The number of hydrogen-bond donors (Lipinski definition) is 2. The Bertz CT molecular complexity index is 1190. The maximum atomic E-state index is 12.7. The molecular weight excluding hydrogens is 412 g/mol. The molecule has 2 aromatic carbocycles. The van der Waals surface area contributed by atoms with E-state index < -0.39 is 5.97 Å². The quantitative estimate of drug-likeness (QED) is 0.267. The number of aromatic amines is 1. The maximum absolute atomic E-state index is 12.7. The van der Waals surface area contributed by atoms with E-state index in [2.05, 4.69) is 26.8 Å². The Balaban J connectivity index is 1.53. The fraction of sp³-hybridized carbons (Fsp3) is 0.217. The van der Waals surface area contributed by atoms with Crippen LogP contribution in [-0.4, -0.2) is 42.5 Å². The van der Waals surface area contributed by atoms with Gasteiger partial charge in [-0.3, -0.25) is 14.7 Å². The monoisotopic (exact) mass is 434 g/mol. The van der Waals surface area contributed by atoms with E-state index >= 15 is 0 Å². The number of esters is 1. The number of hydrazone groups is 1. The third-order valence-corrected chi connectivity index (χ3v) is 5.12. The SMILES string of the molecule is COc1cc(C=NNC(=O)c2[nH]nc3c2CCc2ccccc2-3)cc(OC)c1OC(C)=O. The van der Waals surface area contributed by atoms with Crippen LogP contribution in [0.25, 0.3) is 11.3 Å². The van der Waals surface area contributed by atoms with Crippen LogP contribution in [0, 0.1) is 0 Å². The van der Waals surface area contributed by atoms with Gasteiger partial charge < -0.3 is 14.2 Å². The zero-order chi connectivity index (χ0) is 22.7. The summed E-state index contributed by atoms with van der Waals surface area (Å²) in [6, 6.07) is 11.3. The van der Waals surface area contributed by atoms with Crippen LogP contribution in [0.1, 0.15) is 34.1 Å². The van der Waals surface area contributed by atoms with Crippen molar-refractivity contribution in [3.8, 4) is 28.5 Å². The lowest BCUT2D eigenvalue weighted by atomic mass is 9.89. The van der Waals surface area contributed by atoms with Gasteiger partial charge in [0.15, 0.2) is 11.5 Å². The molecule has 0 saturated heterocycles. The Morgan fingerprint density at radius 3 is 2.53 bits per heavy atom. The van der Waals surface area contributed by atoms with Crippen molar-refractivity contribution in [3.05, 3.63) is 58.8 Å². The lowest BCUT2D eigenvalue weighted by Gasteiger charge is -2.15. The van der Waals surface area contributed by atoms with Crippen molar-refractivity contribution < 1.29 is 23.8 Å². The standard InChI is InChI=1S/C23H22N4O5/c1-13(28)32-22-18(30-2)10-14(11-19(22)31-3)12-24-27-23(29)21-17-9-8-15-6-4-5-7-16(15)20(17)25-26-21/h4-7,10-12H,8-9H2,1-3H3,(H,25,26)(H,27,29). The molecule has 1 aromatic heterocycles. The minimum absolute atomic E-state index is 0.174. The first-order valence-electron chi connectivity index (χ1n) is 9.95. The molecule has 1 aliphatic carbocycles. The van der Waals surface area contributed by atoms with Gasteiger partial charge in [0.25, 0.3) is 5.91 Å². The predicted molar refractivity (Wildman–Crippen MR) is 117 cm³/mol. The Hall–Kier alpha value is -4.14. The Kier molecular flexibility index (Phi) is 5.89. The number of aryl methyl sites for hydroxylation is 1. The van der Waals surface area contributed by atoms with Crippen molar-refractivity contribution in [1.82, 2.24) is 15.6 Å². The van der Waals surface area contributed by atoms with Gasteiger partial charge >= 0.3 is 5.97 Å². The lowest BCUT2D eigenvalue weighted by Crippen LogP contribution is -2.20. The maximum Gasteiger partial charge on any atom is 0.308 e. The minimum atomic E-state index is -0.499. The number of carbonyl (C=O) groups is 2. The Morgan fingerprint density at radius 2 is 1.84 bits per heavy atom. The average molecular weight is 434 g/mol. The molecule has 0 unspecified atom stereocenters.